The van der Waals surface area contributed by atoms with Gasteiger partial charge in [-0.25, -0.2) is 9.59 Å². The molecule has 0 heterocycles. The molecule has 0 fully saturated rings. The summed E-state index contributed by atoms with van der Waals surface area (Å²) in [6, 6.07) is 4.75. The van der Waals surface area contributed by atoms with Crippen LogP contribution in [0.3, 0.4) is 0 Å². The monoisotopic (exact) mass is 376 g/mol. The molecule has 0 saturated heterocycles. The largest absolute Gasteiger partial charge is 0.463 e. The molecule has 1 aromatic carbocycles. The highest BCUT2D eigenvalue weighted by atomic mass is 79.9. The Kier molecular flexibility index (Phi) is 7.25. The van der Waals surface area contributed by atoms with Gasteiger partial charge in [-0.2, -0.15) is 0 Å². The molecule has 0 N–H and O–H groups in total. The van der Waals surface area contributed by atoms with Crippen LogP contribution in [0.15, 0.2) is 34.5 Å². The first kappa shape index (κ1) is 17.5. The predicted molar refractivity (Wildman–Crippen MR) is 81.1 cm³/mol. The molecule has 0 unspecified atom stereocenters. The van der Waals surface area contributed by atoms with Gasteiger partial charge in [-0.05, 0) is 48.0 Å². The molecule has 0 aliphatic heterocycles. The Balaban J connectivity index is 3.01. The van der Waals surface area contributed by atoms with Crippen molar-refractivity contribution < 1.29 is 23.8 Å². The minimum atomic E-state index is -0.757. The van der Waals surface area contributed by atoms with E-state index in [1.807, 2.05) is 0 Å². The fraction of sp³-hybridized carbons (Fsp3) is 0.286. The van der Waals surface area contributed by atoms with E-state index in [1.54, 1.807) is 32.0 Å². The van der Waals surface area contributed by atoms with Crippen LogP contribution in [0.25, 0.3) is 0 Å². The molecule has 114 valence electrons. The van der Waals surface area contributed by atoms with E-state index in [1.165, 1.54) is 0 Å². The fourth-order valence-electron chi connectivity index (χ4n) is 1.30. The molecule has 0 aromatic heterocycles. The molecule has 0 amide bonds. The van der Waals surface area contributed by atoms with E-state index in [0.717, 1.165) is 6.08 Å². The summed E-state index contributed by atoms with van der Waals surface area (Å²) < 4.78 is 15.5. The molecular weight excluding hydrogens is 364 g/mol. The third-order valence-electron chi connectivity index (χ3n) is 2.13. The number of hydrogen-bond acceptors (Lipinski definition) is 5. The number of ether oxygens (including phenoxy) is 3. The standard InChI is InChI=1S/C14H14BrClO5/c1-3-19-13(17)8-12(14(18)20-4-2)21-11-6-5-9(16)7-10(11)15/h5-8H,3-4H2,1-2H3. The summed E-state index contributed by atoms with van der Waals surface area (Å²) in [5.41, 5.74) is 0. The fourth-order valence-corrected chi connectivity index (χ4v) is 2.06. The number of hydrogen-bond donors (Lipinski definition) is 0. The van der Waals surface area contributed by atoms with E-state index < -0.39 is 11.9 Å². The summed E-state index contributed by atoms with van der Waals surface area (Å²) in [5.74, 6) is -1.39. The first-order chi connectivity index (χ1) is 9.97. The summed E-state index contributed by atoms with van der Waals surface area (Å²) >= 11 is 9.08. The molecular formula is C14H14BrClO5. The van der Waals surface area contributed by atoms with Crippen molar-refractivity contribution in [1.82, 2.24) is 0 Å². The van der Waals surface area contributed by atoms with Crippen molar-refractivity contribution in [2.45, 2.75) is 13.8 Å². The Hall–Kier alpha value is -1.53. The summed E-state index contributed by atoms with van der Waals surface area (Å²) in [6.07, 6.45) is 0.947. The smallest absolute Gasteiger partial charge is 0.374 e. The zero-order chi connectivity index (χ0) is 15.8. The van der Waals surface area contributed by atoms with Gasteiger partial charge < -0.3 is 14.2 Å². The normalized spacial score (nSPS) is 11.0. The summed E-state index contributed by atoms with van der Waals surface area (Å²) in [4.78, 5) is 23.3. The third kappa shape index (κ3) is 5.77. The maximum absolute atomic E-state index is 11.8. The first-order valence-corrected chi connectivity index (χ1v) is 7.33. The molecule has 0 saturated carbocycles. The van der Waals surface area contributed by atoms with Crippen molar-refractivity contribution in [3.05, 3.63) is 39.5 Å². The van der Waals surface area contributed by atoms with E-state index in [0.29, 0.717) is 15.2 Å². The van der Waals surface area contributed by atoms with E-state index in [-0.39, 0.29) is 19.0 Å². The quantitative estimate of drug-likeness (QED) is 0.431. The molecule has 0 spiro atoms. The maximum atomic E-state index is 11.8. The minimum Gasteiger partial charge on any atom is -0.463 e. The number of benzene rings is 1. The molecule has 0 aliphatic carbocycles. The van der Waals surface area contributed by atoms with Crippen molar-refractivity contribution >= 4 is 39.5 Å². The van der Waals surface area contributed by atoms with Crippen molar-refractivity contribution in [2.75, 3.05) is 13.2 Å². The Bertz CT molecular complexity index is 556. The number of esters is 2. The average Bonchev–Trinajstić information content (AvgIpc) is 2.41. The van der Waals surface area contributed by atoms with Crippen molar-refractivity contribution in [3.8, 4) is 5.75 Å². The van der Waals surface area contributed by atoms with Gasteiger partial charge in [-0.3, -0.25) is 0 Å². The molecule has 0 bridgehead atoms. The SMILES string of the molecule is CCOC(=O)C=C(Oc1ccc(Cl)cc1Br)C(=O)OCC. The Morgan fingerprint density at radius 2 is 1.90 bits per heavy atom. The van der Waals surface area contributed by atoms with Gasteiger partial charge in [0.15, 0.2) is 0 Å². The van der Waals surface area contributed by atoms with E-state index >= 15 is 0 Å². The number of carbonyl (C=O) groups is 2. The van der Waals surface area contributed by atoms with Gasteiger partial charge in [-0.15, -0.1) is 0 Å². The second-order valence-electron chi connectivity index (χ2n) is 3.66. The van der Waals surface area contributed by atoms with Crippen LogP contribution < -0.4 is 4.74 Å². The molecule has 1 rings (SSSR count). The highest BCUT2D eigenvalue weighted by Gasteiger charge is 2.17. The molecule has 5 nitrogen and oxygen atoms in total. The third-order valence-corrected chi connectivity index (χ3v) is 2.98. The van der Waals surface area contributed by atoms with Crippen LogP contribution >= 0.6 is 27.5 Å². The van der Waals surface area contributed by atoms with Gasteiger partial charge in [0.25, 0.3) is 0 Å². The Morgan fingerprint density at radius 3 is 2.48 bits per heavy atom. The molecule has 1 aromatic rings. The van der Waals surface area contributed by atoms with Gasteiger partial charge in [0.05, 0.1) is 23.8 Å². The topological polar surface area (TPSA) is 61.8 Å². The van der Waals surface area contributed by atoms with Crippen LogP contribution in [0.2, 0.25) is 5.02 Å². The Morgan fingerprint density at radius 1 is 1.24 bits per heavy atom. The second kappa shape index (κ2) is 8.69. The minimum absolute atomic E-state index is 0.157. The van der Waals surface area contributed by atoms with Crippen LogP contribution in [0.1, 0.15) is 13.8 Å². The van der Waals surface area contributed by atoms with Crippen LogP contribution in [0, 0.1) is 0 Å². The molecule has 0 radical (unpaired) electrons. The van der Waals surface area contributed by atoms with Crippen LogP contribution in [-0.2, 0) is 19.1 Å². The zero-order valence-corrected chi connectivity index (χ0v) is 13.9. The van der Waals surface area contributed by atoms with E-state index in [2.05, 4.69) is 15.9 Å². The summed E-state index contributed by atoms with van der Waals surface area (Å²) in [7, 11) is 0. The number of carbonyl (C=O) groups excluding carboxylic acids is 2. The second-order valence-corrected chi connectivity index (χ2v) is 4.95. The van der Waals surface area contributed by atoms with Gasteiger partial charge in [0.1, 0.15) is 5.75 Å². The lowest BCUT2D eigenvalue weighted by atomic mass is 10.3. The Labute approximate surface area is 135 Å². The summed E-state index contributed by atoms with van der Waals surface area (Å²) in [5, 5.41) is 0.501. The van der Waals surface area contributed by atoms with E-state index in [4.69, 9.17) is 25.8 Å². The molecule has 21 heavy (non-hydrogen) atoms. The van der Waals surface area contributed by atoms with Crippen molar-refractivity contribution in [3.63, 3.8) is 0 Å². The molecule has 7 heteroatoms. The predicted octanol–water partition coefficient (Wildman–Crippen LogP) is 3.49. The maximum Gasteiger partial charge on any atom is 0.374 e. The van der Waals surface area contributed by atoms with Crippen LogP contribution in [0.4, 0.5) is 0 Å². The van der Waals surface area contributed by atoms with Crippen LogP contribution in [0.5, 0.6) is 5.75 Å². The van der Waals surface area contributed by atoms with Crippen LogP contribution in [-0.4, -0.2) is 25.2 Å². The van der Waals surface area contributed by atoms with Gasteiger partial charge in [0.2, 0.25) is 5.76 Å². The summed E-state index contributed by atoms with van der Waals surface area (Å²) in [6.45, 7) is 3.66. The van der Waals surface area contributed by atoms with Crippen molar-refractivity contribution in [2.24, 2.45) is 0 Å². The first-order valence-electron chi connectivity index (χ1n) is 6.16. The van der Waals surface area contributed by atoms with E-state index in [9.17, 15) is 9.59 Å². The highest BCUT2D eigenvalue weighted by molar-refractivity contribution is 9.10. The van der Waals surface area contributed by atoms with Crippen molar-refractivity contribution in [1.29, 1.82) is 0 Å². The zero-order valence-electron chi connectivity index (χ0n) is 11.5. The number of rotatable bonds is 6. The van der Waals surface area contributed by atoms with Gasteiger partial charge in [-0.1, -0.05) is 11.6 Å². The number of halogens is 2. The lowest BCUT2D eigenvalue weighted by Gasteiger charge is -2.10. The molecule has 0 aliphatic rings. The average molecular weight is 378 g/mol. The van der Waals surface area contributed by atoms with Gasteiger partial charge >= 0.3 is 11.9 Å². The lowest BCUT2D eigenvalue weighted by molar-refractivity contribution is -0.143. The highest BCUT2D eigenvalue weighted by Crippen LogP contribution is 2.29. The molecule has 0 atom stereocenters. The van der Waals surface area contributed by atoms with Gasteiger partial charge in [0, 0.05) is 5.02 Å². The lowest BCUT2D eigenvalue weighted by Crippen LogP contribution is -2.15.